The molecule has 1 fully saturated rings. The van der Waals surface area contributed by atoms with Gasteiger partial charge in [0.2, 0.25) is 21.8 Å². The lowest BCUT2D eigenvalue weighted by Crippen LogP contribution is -2.54. The summed E-state index contributed by atoms with van der Waals surface area (Å²) in [6.07, 6.45) is 0.669. The van der Waals surface area contributed by atoms with Crippen molar-refractivity contribution >= 4 is 27.5 Å². The molecule has 31 heavy (non-hydrogen) atoms. The minimum atomic E-state index is -3.75. The van der Waals surface area contributed by atoms with Gasteiger partial charge >= 0.3 is 0 Å². The molecule has 1 aromatic rings. The Labute approximate surface area is 184 Å². The Morgan fingerprint density at radius 2 is 1.77 bits per heavy atom. The van der Waals surface area contributed by atoms with Crippen molar-refractivity contribution in [3.05, 3.63) is 23.8 Å². The lowest BCUT2D eigenvalue weighted by molar-refractivity contribution is -0.132. The summed E-state index contributed by atoms with van der Waals surface area (Å²) in [6, 6.07) is 4.92. The standard InChI is InChI=1S/C21H33N5O4S/c1-15-11-16-12-17(31(22,29)30)5-6-18(16)26(15)14-20(28)25-9-7-24(8-10-25)13-19(27)23-21(2,3)4/h5-6,12,15H,7-11,13-14H2,1-4H3,(H,23,27)(H2,22,29,30). The van der Waals surface area contributed by atoms with Crippen LogP contribution in [0.3, 0.4) is 0 Å². The highest BCUT2D eigenvalue weighted by Crippen LogP contribution is 2.33. The molecule has 1 aromatic carbocycles. The van der Waals surface area contributed by atoms with Gasteiger partial charge in [0.15, 0.2) is 0 Å². The molecular formula is C21H33N5O4S. The number of amides is 2. The van der Waals surface area contributed by atoms with Crippen LogP contribution >= 0.6 is 0 Å². The molecule has 2 heterocycles. The molecule has 172 valence electrons. The topological polar surface area (TPSA) is 116 Å². The first-order valence-corrected chi connectivity index (χ1v) is 12.1. The van der Waals surface area contributed by atoms with Crippen LogP contribution in [0.25, 0.3) is 0 Å². The molecule has 1 atom stereocenters. The maximum Gasteiger partial charge on any atom is 0.242 e. The minimum Gasteiger partial charge on any atom is -0.359 e. The molecule has 0 saturated carbocycles. The van der Waals surface area contributed by atoms with E-state index in [-0.39, 0.29) is 34.8 Å². The number of primary sulfonamides is 1. The SMILES string of the molecule is CC1Cc2cc(S(N)(=O)=O)ccc2N1CC(=O)N1CCN(CC(=O)NC(C)(C)C)CC1. The van der Waals surface area contributed by atoms with Crippen molar-refractivity contribution in [1.82, 2.24) is 15.1 Å². The fraction of sp³-hybridized carbons (Fsp3) is 0.619. The monoisotopic (exact) mass is 451 g/mol. The van der Waals surface area contributed by atoms with E-state index in [1.165, 1.54) is 6.07 Å². The van der Waals surface area contributed by atoms with Gasteiger partial charge in [-0.25, -0.2) is 13.6 Å². The number of nitrogens with two attached hydrogens (primary N) is 1. The predicted octanol–water partition coefficient (Wildman–Crippen LogP) is 0.144. The molecule has 0 aromatic heterocycles. The van der Waals surface area contributed by atoms with Crippen LogP contribution in [-0.4, -0.2) is 80.9 Å². The van der Waals surface area contributed by atoms with Crippen LogP contribution in [0.15, 0.2) is 23.1 Å². The number of nitrogens with zero attached hydrogens (tertiary/aromatic N) is 3. The molecule has 9 nitrogen and oxygen atoms in total. The maximum absolute atomic E-state index is 12.9. The Morgan fingerprint density at radius 3 is 2.35 bits per heavy atom. The molecule has 10 heteroatoms. The van der Waals surface area contributed by atoms with E-state index in [0.29, 0.717) is 39.1 Å². The van der Waals surface area contributed by atoms with Crippen molar-refractivity contribution in [2.45, 2.75) is 50.6 Å². The van der Waals surface area contributed by atoms with E-state index in [9.17, 15) is 18.0 Å². The minimum absolute atomic E-state index is 0.00589. The predicted molar refractivity (Wildman–Crippen MR) is 119 cm³/mol. The summed E-state index contributed by atoms with van der Waals surface area (Å²) >= 11 is 0. The third kappa shape index (κ3) is 5.96. The Morgan fingerprint density at radius 1 is 1.13 bits per heavy atom. The molecule has 1 unspecified atom stereocenters. The van der Waals surface area contributed by atoms with Gasteiger partial charge in [0.1, 0.15) is 0 Å². The van der Waals surface area contributed by atoms with Gasteiger partial charge in [0, 0.05) is 43.4 Å². The molecule has 2 amide bonds. The highest BCUT2D eigenvalue weighted by molar-refractivity contribution is 7.89. The molecule has 0 spiro atoms. The number of sulfonamides is 1. The quantitative estimate of drug-likeness (QED) is 0.658. The van der Waals surface area contributed by atoms with Gasteiger partial charge in [-0.15, -0.1) is 0 Å². The molecular weight excluding hydrogens is 418 g/mol. The number of carbonyl (C=O) groups is 2. The van der Waals surface area contributed by atoms with Crippen LogP contribution in [0.1, 0.15) is 33.3 Å². The highest BCUT2D eigenvalue weighted by atomic mass is 32.2. The first-order chi connectivity index (χ1) is 14.3. The van der Waals surface area contributed by atoms with E-state index in [2.05, 4.69) is 10.2 Å². The lowest BCUT2D eigenvalue weighted by atomic mass is 10.1. The fourth-order valence-electron chi connectivity index (χ4n) is 4.15. The number of nitrogens with one attached hydrogen (secondary N) is 1. The Hall–Kier alpha value is -2.17. The van der Waals surface area contributed by atoms with E-state index in [0.717, 1.165) is 11.3 Å². The van der Waals surface area contributed by atoms with Crippen LogP contribution in [0, 0.1) is 0 Å². The fourth-order valence-corrected chi connectivity index (χ4v) is 4.72. The van der Waals surface area contributed by atoms with Crippen molar-refractivity contribution in [2.75, 3.05) is 44.2 Å². The summed E-state index contributed by atoms with van der Waals surface area (Å²) in [5, 5.41) is 8.20. The van der Waals surface area contributed by atoms with Crippen LogP contribution in [0.4, 0.5) is 5.69 Å². The van der Waals surface area contributed by atoms with Crippen LogP contribution in [0.5, 0.6) is 0 Å². The van der Waals surface area contributed by atoms with E-state index in [4.69, 9.17) is 5.14 Å². The van der Waals surface area contributed by atoms with Gasteiger partial charge in [-0.3, -0.25) is 14.5 Å². The van der Waals surface area contributed by atoms with Crippen LogP contribution in [-0.2, 0) is 26.0 Å². The van der Waals surface area contributed by atoms with Crippen molar-refractivity contribution < 1.29 is 18.0 Å². The highest BCUT2D eigenvalue weighted by Gasteiger charge is 2.31. The Kier molecular flexibility index (Phi) is 6.64. The third-order valence-corrected chi connectivity index (χ3v) is 6.56. The van der Waals surface area contributed by atoms with Gasteiger partial charge in [-0.05, 0) is 57.9 Å². The molecule has 0 aliphatic carbocycles. The number of rotatable bonds is 5. The molecule has 1 saturated heterocycles. The lowest BCUT2D eigenvalue weighted by Gasteiger charge is -2.36. The largest absolute Gasteiger partial charge is 0.359 e. The summed E-state index contributed by atoms with van der Waals surface area (Å²) in [6.45, 7) is 11.0. The van der Waals surface area contributed by atoms with Gasteiger partial charge in [0.25, 0.3) is 0 Å². The molecule has 3 N–H and O–H groups in total. The zero-order valence-electron chi connectivity index (χ0n) is 18.7. The third-order valence-electron chi connectivity index (χ3n) is 5.65. The Balaban J connectivity index is 1.56. The van der Waals surface area contributed by atoms with Crippen LogP contribution in [0.2, 0.25) is 0 Å². The molecule has 0 bridgehead atoms. The average molecular weight is 452 g/mol. The van der Waals surface area contributed by atoms with Gasteiger partial charge in [-0.2, -0.15) is 0 Å². The van der Waals surface area contributed by atoms with Crippen molar-refractivity contribution in [3.63, 3.8) is 0 Å². The van der Waals surface area contributed by atoms with Crippen LogP contribution < -0.4 is 15.4 Å². The summed E-state index contributed by atoms with van der Waals surface area (Å²) in [4.78, 5) is 31.1. The summed E-state index contributed by atoms with van der Waals surface area (Å²) < 4.78 is 23.2. The van der Waals surface area contributed by atoms with Gasteiger partial charge < -0.3 is 15.1 Å². The first-order valence-electron chi connectivity index (χ1n) is 10.6. The number of fused-ring (bicyclic) bond motifs is 1. The summed E-state index contributed by atoms with van der Waals surface area (Å²) in [5.74, 6) is 0.0302. The smallest absolute Gasteiger partial charge is 0.242 e. The zero-order chi connectivity index (χ0) is 23.0. The molecule has 3 rings (SSSR count). The Bertz CT molecular complexity index is 949. The number of carbonyl (C=O) groups excluding carboxylic acids is 2. The van der Waals surface area contributed by atoms with Gasteiger partial charge in [-0.1, -0.05) is 0 Å². The van der Waals surface area contributed by atoms with E-state index < -0.39 is 10.0 Å². The summed E-state index contributed by atoms with van der Waals surface area (Å²) in [5.41, 5.74) is 1.51. The van der Waals surface area contributed by atoms with Gasteiger partial charge in [0.05, 0.1) is 18.0 Å². The molecule has 0 radical (unpaired) electrons. The zero-order valence-corrected chi connectivity index (χ0v) is 19.5. The van der Waals surface area contributed by atoms with Crippen molar-refractivity contribution in [1.29, 1.82) is 0 Å². The van der Waals surface area contributed by atoms with E-state index >= 15 is 0 Å². The number of hydrogen-bond donors (Lipinski definition) is 2. The van der Waals surface area contributed by atoms with E-state index in [1.807, 2.05) is 37.5 Å². The number of piperazine rings is 1. The normalized spacial score (nSPS) is 20.0. The van der Waals surface area contributed by atoms with Crippen molar-refractivity contribution in [2.24, 2.45) is 5.14 Å². The second-order valence-electron chi connectivity index (χ2n) is 9.47. The molecule has 2 aliphatic heterocycles. The second kappa shape index (κ2) is 8.76. The number of hydrogen-bond acceptors (Lipinski definition) is 6. The summed E-state index contributed by atoms with van der Waals surface area (Å²) in [7, 11) is -3.75. The maximum atomic E-state index is 12.9. The van der Waals surface area contributed by atoms with E-state index in [1.54, 1.807) is 12.1 Å². The molecule has 2 aliphatic rings. The number of anilines is 1. The average Bonchev–Trinajstić information content (AvgIpc) is 2.94. The first kappa shape index (κ1) is 23.5. The number of benzene rings is 1. The second-order valence-corrected chi connectivity index (χ2v) is 11.0. The van der Waals surface area contributed by atoms with Crippen molar-refractivity contribution in [3.8, 4) is 0 Å².